The normalized spacial score (nSPS) is 13.2. The smallest absolute Gasteiger partial charge is 0.114 e. The first-order valence-electron chi connectivity index (χ1n) is 4.48. The zero-order valence-electron chi connectivity index (χ0n) is 8.06. The predicted octanol–water partition coefficient (Wildman–Crippen LogP) is -0.0114. The van der Waals surface area contributed by atoms with Crippen molar-refractivity contribution in [1.82, 2.24) is 15.0 Å². The Bertz CT molecular complexity index is 271. The minimum atomic E-state index is -0.578. The maximum Gasteiger partial charge on any atom is 0.114 e. The standard InChI is InChI=1S/C8H16N4O/c1-3-12-6(2)8(10-11-12)7(13)4-5-9/h7,13H,3-5,9H2,1-2H3. The first-order chi connectivity index (χ1) is 6.20. The SMILES string of the molecule is CCn1nnc(C(O)CCN)c1C. The first-order valence-corrected chi connectivity index (χ1v) is 4.48. The Kier molecular flexibility index (Phi) is 3.39. The number of rotatable bonds is 4. The minimum absolute atomic E-state index is 0.458. The molecule has 0 radical (unpaired) electrons. The van der Waals surface area contributed by atoms with E-state index in [9.17, 15) is 5.11 Å². The highest BCUT2D eigenvalue weighted by Gasteiger charge is 2.15. The molecule has 0 aliphatic heterocycles. The molecule has 0 aromatic carbocycles. The maximum atomic E-state index is 9.61. The lowest BCUT2D eigenvalue weighted by Gasteiger charge is -2.06. The molecule has 1 aromatic rings. The quantitative estimate of drug-likeness (QED) is 0.690. The van der Waals surface area contributed by atoms with Gasteiger partial charge in [0.25, 0.3) is 0 Å². The first kappa shape index (κ1) is 10.1. The number of nitrogens with zero attached hydrogens (tertiary/aromatic N) is 3. The van der Waals surface area contributed by atoms with Crippen molar-refractivity contribution >= 4 is 0 Å². The van der Waals surface area contributed by atoms with Crippen LogP contribution in [0.1, 0.15) is 30.8 Å². The Morgan fingerprint density at radius 1 is 1.62 bits per heavy atom. The van der Waals surface area contributed by atoms with E-state index < -0.39 is 6.10 Å². The molecule has 1 heterocycles. The molecular formula is C8H16N4O. The third-order valence-electron chi connectivity index (χ3n) is 2.07. The minimum Gasteiger partial charge on any atom is -0.387 e. The molecule has 3 N–H and O–H groups in total. The molecule has 1 unspecified atom stereocenters. The van der Waals surface area contributed by atoms with Gasteiger partial charge in [-0.15, -0.1) is 5.10 Å². The highest BCUT2D eigenvalue weighted by atomic mass is 16.3. The van der Waals surface area contributed by atoms with Crippen LogP contribution in [0.5, 0.6) is 0 Å². The van der Waals surface area contributed by atoms with Crippen LogP contribution < -0.4 is 5.73 Å². The van der Waals surface area contributed by atoms with Crippen LogP contribution in [0.3, 0.4) is 0 Å². The largest absolute Gasteiger partial charge is 0.387 e. The fourth-order valence-corrected chi connectivity index (χ4v) is 1.28. The fourth-order valence-electron chi connectivity index (χ4n) is 1.28. The van der Waals surface area contributed by atoms with Gasteiger partial charge in [0.05, 0.1) is 5.69 Å². The Morgan fingerprint density at radius 2 is 2.31 bits per heavy atom. The van der Waals surface area contributed by atoms with Gasteiger partial charge in [0.1, 0.15) is 11.8 Å². The van der Waals surface area contributed by atoms with Crippen LogP contribution in [0.4, 0.5) is 0 Å². The van der Waals surface area contributed by atoms with Gasteiger partial charge in [0, 0.05) is 6.54 Å². The van der Waals surface area contributed by atoms with E-state index in [2.05, 4.69) is 10.3 Å². The van der Waals surface area contributed by atoms with Gasteiger partial charge in [-0.2, -0.15) is 0 Å². The van der Waals surface area contributed by atoms with Gasteiger partial charge in [-0.25, -0.2) is 4.68 Å². The summed E-state index contributed by atoms with van der Waals surface area (Å²) in [6, 6.07) is 0. The molecule has 0 fully saturated rings. The van der Waals surface area contributed by atoms with E-state index in [0.29, 0.717) is 18.7 Å². The van der Waals surface area contributed by atoms with Crippen molar-refractivity contribution in [1.29, 1.82) is 0 Å². The number of hydrogen-bond acceptors (Lipinski definition) is 4. The Labute approximate surface area is 77.6 Å². The second-order valence-corrected chi connectivity index (χ2v) is 2.97. The molecule has 0 spiro atoms. The van der Waals surface area contributed by atoms with Crippen LogP contribution in [0.2, 0.25) is 0 Å². The van der Waals surface area contributed by atoms with Crippen molar-refractivity contribution in [3.8, 4) is 0 Å². The molecule has 0 bridgehead atoms. The summed E-state index contributed by atoms with van der Waals surface area (Å²) in [5, 5.41) is 17.4. The van der Waals surface area contributed by atoms with Crippen molar-refractivity contribution in [2.24, 2.45) is 5.73 Å². The van der Waals surface area contributed by atoms with E-state index in [4.69, 9.17) is 5.73 Å². The summed E-state index contributed by atoms with van der Waals surface area (Å²) in [6.07, 6.45) is -0.0474. The molecule has 13 heavy (non-hydrogen) atoms. The molecule has 1 rings (SSSR count). The van der Waals surface area contributed by atoms with E-state index in [1.807, 2.05) is 13.8 Å². The number of aryl methyl sites for hydroxylation is 1. The fraction of sp³-hybridized carbons (Fsp3) is 0.750. The molecular weight excluding hydrogens is 168 g/mol. The summed E-state index contributed by atoms with van der Waals surface area (Å²) in [7, 11) is 0. The predicted molar refractivity (Wildman–Crippen MR) is 49.1 cm³/mol. The molecule has 0 aliphatic carbocycles. The van der Waals surface area contributed by atoms with Gasteiger partial charge in [-0.05, 0) is 26.8 Å². The summed E-state index contributed by atoms with van der Waals surface area (Å²) in [5.74, 6) is 0. The van der Waals surface area contributed by atoms with Crippen LogP contribution in [0.15, 0.2) is 0 Å². The van der Waals surface area contributed by atoms with Gasteiger partial charge in [0.15, 0.2) is 0 Å². The average Bonchev–Trinajstić information content (AvgIpc) is 2.47. The van der Waals surface area contributed by atoms with E-state index in [1.165, 1.54) is 0 Å². The van der Waals surface area contributed by atoms with E-state index >= 15 is 0 Å². The van der Waals surface area contributed by atoms with Crippen molar-refractivity contribution in [2.75, 3.05) is 6.54 Å². The monoisotopic (exact) mass is 184 g/mol. The molecule has 0 saturated carbocycles. The third-order valence-corrected chi connectivity index (χ3v) is 2.07. The molecule has 5 heteroatoms. The molecule has 5 nitrogen and oxygen atoms in total. The zero-order chi connectivity index (χ0) is 9.84. The topological polar surface area (TPSA) is 77.0 Å². The average molecular weight is 184 g/mol. The van der Waals surface area contributed by atoms with Crippen molar-refractivity contribution in [3.05, 3.63) is 11.4 Å². The van der Waals surface area contributed by atoms with Gasteiger partial charge >= 0.3 is 0 Å². The van der Waals surface area contributed by atoms with Crippen molar-refractivity contribution in [2.45, 2.75) is 32.9 Å². The number of nitrogens with two attached hydrogens (primary N) is 1. The lowest BCUT2D eigenvalue weighted by Crippen LogP contribution is -2.08. The number of aliphatic hydroxyl groups excluding tert-OH is 1. The summed E-state index contributed by atoms with van der Waals surface area (Å²) < 4.78 is 1.76. The Balaban J connectivity index is 2.82. The highest BCUT2D eigenvalue weighted by Crippen LogP contribution is 2.16. The maximum absolute atomic E-state index is 9.61. The van der Waals surface area contributed by atoms with Crippen LogP contribution in [0.25, 0.3) is 0 Å². The summed E-state index contributed by atoms with van der Waals surface area (Å²) in [6.45, 7) is 5.12. The van der Waals surface area contributed by atoms with E-state index in [1.54, 1.807) is 4.68 Å². The molecule has 0 aliphatic rings. The summed E-state index contributed by atoms with van der Waals surface area (Å²) in [5.41, 5.74) is 6.91. The second kappa shape index (κ2) is 4.34. The zero-order valence-corrected chi connectivity index (χ0v) is 8.06. The van der Waals surface area contributed by atoms with E-state index in [0.717, 1.165) is 12.2 Å². The van der Waals surface area contributed by atoms with Crippen molar-refractivity contribution in [3.63, 3.8) is 0 Å². The molecule has 74 valence electrons. The summed E-state index contributed by atoms with van der Waals surface area (Å²) >= 11 is 0. The highest BCUT2D eigenvalue weighted by molar-refractivity contribution is 5.10. The Morgan fingerprint density at radius 3 is 2.77 bits per heavy atom. The number of aromatic nitrogens is 3. The number of hydrogen-bond donors (Lipinski definition) is 2. The van der Waals surface area contributed by atoms with Crippen LogP contribution in [-0.4, -0.2) is 26.6 Å². The number of aliphatic hydroxyl groups is 1. The summed E-state index contributed by atoms with van der Waals surface area (Å²) in [4.78, 5) is 0. The molecule has 0 saturated heterocycles. The van der Waals surface area contributed by atoms with Gasteiger partial charge in [-0.1, -0.05) is 5.21 Å². The van der Waals surface area contributed by atoms with Crippen LogP contribution in [0, 0.1) is 6.92 Å². The lowest BCUT2D eigenvalue weighted by atomic mass is 10.1. The Hall–Kier alpha value is -0.940. The third kappa shape index (κ3) is 2.05. The molecule has 1 atom stereocenters. The van der Waals surface area contributed by atoms with Gasteiger partial charge in [0.2, 0.25) is 0 Å². The van der Waals surface area contributed by atoms with E-state index in [-0.39, 0.29) is 0 Å². The second-order valence-electron chi connectivity index (χ2n) is 2.97. The van der Waals surface area contributed by atoms with Crippen molar-refractivity contribution < 1.29 is 5.11 Å². The lowest BCUT2D eigenvalue weighted by molar-refractivity contribution is 0.164. The van der Waals surface area contributed by atoms with Crippen LogP contribution in [-0.2, 0) is 6.54 Å². The molecule has 0 amide bonds. The van der Waals surface area contributed by atoms with Gasteiger partial charge in [-0.3, -0.25) is 0 Å². The van der Waals surface area contributed by atoms with Gasteiger partial charge < -0.3 is 10.8 Å². The van der Waals surface area contributed by atoms with Crippen LogP contribution >= 0.6 is 0 Å². The molecule has 1 aromatic heterocycles.